The van der Waals surface area contributed by atoms with E-state index in [1.807, 2.05) is 0 Å². The highest BCUT2D eigenvalue weighted by atomic mass is 19.3. The zero-order valence-corrected chi connectivity index (χ0v) is 8.96. The van der Waals surface area contributed by atoms with E-state index in [1.54, 1.807) is 0 Å². The third kappa shape index (κ3) is 1.87. The minimum Gasteiger partial charge on any atom is -0.489 e. The molecular weight excluding hydrogens is 269 g/mol. The maximum atomic E-state index is 13.0. The molecule has 0 heterocycles. The van der Waals surface area contributed by atoms with Crippen molar-refractivity contribution < 1.29 is 35.5 Å². The molecule has 0 aliphatic heterocycles. The molecule has 0 fully saturated rings. The van der Waals surface area contributed by atoms with Crippen LogP contribution < -0.4 is 0 Å². The van der Waals surface area contributed by atoms with Crippen molar-refractivity contribution in [2.45, 2.75) is 30.6 Å². The third-order valence-corrected chi connectivity index (χ3v) is 2.35. The molecule has 0 spiro atoms. The number of allylic oxidation sites excluding steroid dienone is 3. The molecule has 0 aromatic carbocycles. The van der Waals surface area contributed by atoms with E-state index in [1.165, 1.54) is 6.08 Å². The van der Waals surface area contributed by atoms with Crippen LogP contribution in [-0.4, -0.2) is 24.4 Å². The quantitative estimate of drug-likeness (QED) is 0.418. The number of ether oxygens (including phenoxy) is 1. The van der Waals surface area contributed by atoms with Crippen LogP contribution in [0.1, 0.15) is 12.8 Å². The van der Waals surface area contributed by atoms with Gasteiger partial charge in [0.25, 0.3) is 0 Å². The molecule has 0 unspecified atom stereocenters. The van der Waals surface area contributed by atoms with Gasteiger partial charge in [0.15, 0.2) is 0 Å². The molecule has 0 aromatic rings. The number of alkyl halides is 6. The van der Waals surface area contributed by atoms with Crippen molar-refractivity contribution >= 4 is 0 Å². The molecule has 0 saturated carbocycles. The molecule has 0 radical (unpaired) electrons. The molecular formula is C10H9F7O. The fourth-order valence-corrected chi connectivity index (χ4v) is 1.31. The molecule has 104 valence electrons. The van der Waals surface area contributed by atoms with Gasteiger partial charge in [-0.25, -0.2) is 4.39 Å². The standard InChI is InChI=1S/C10H9F7O/c1-2-3-4-5-18-7-6(11)8(12,13)10(16,17)9(7,14)15/h2H,1,3-5H2. The normalized spacial score (nSPS) is 24.2. The van der Waals surface area contributed by atoms with Gasteiger partial charge in [0.1, 0.15) is 0 Å². The Balaban J connectivity index is 2.95. The number of halogens is 7. The molecule has 0 bridgehead atoms. The Morgan fingerprint density at radius 1 is 1.06 bits per heavy atom. The van der Waals surface area contributed by atoms with Gasteiger partial charge in [-0.15, -0.1) is 6.58 Å². The lowest BCUT2D eigenvalue weighted by molar-refractivity contribution is -0.274. The Bertz CT molecular complexity index is 372. The molecule has 1 rings (SSSR count). The molecule has 1 aliphatic carbocycles. The molecule has 0 amide bonds. The predicted octanol–water partition coefficient (Wildman–Crippen LogP) is 4.07. The van der Waals surface area contributed by atoms with Gasteiger partial charge in [0.2, 0.25) is 11.6 Å². The first-order valence-electron chi connectivity index (χ1n) is 4.88. The lowest BCUT2D eigenvalue weighted by atomic mass is 10.1. The Hall–Kier alpha value is -1.21. The van der Waals surface area contributed by atoms with E-state index in [0.717, 1.165) is 0 Å². The predicted molar refractivity (Wildman–Crippen MR) is 48.4 cm³/mol. The summed E-state index contributed by atoms with van der Waals surface area (Å²) in [6.07, 6.45) is 1.73. The van der Waals surface area contributed by atoms with Crippen LogP contribution in [0.15, 0.2) is 24.2 Å². The van der Waals surface area contributed by atoms with E-state index in [-0.39, 0.29) is 12.8 Å². The Labute approximate surface area is 97.9 Å². The van der Waals surface area contributed by atoms with Crippen LogP contribution in [0.4, 0.5) is 30.7 Å². The van der Waals surface area contributed by atoms with Crippen LogP contribution in [0.3, 0.4) is 0 Å². The molecule has 1 nitrogen and oxygen atoms in total. The van der Waals surface area contributed by atoms with Crippen molar-refractivity contribution in [3.8, 4) is 0 Å². The first-order chi connectivity index (χ1) is 8.10. The molecule has 1 aliphatic rings. The second-order valence-electron chi connectivity index (χ2n) is 3.65. The maximum absolute atomic E-state index is 13.0. The fraction of sp³-hybridized carbons (Fsp3) is 0.600. The topological polar surface area (TPSA) is 9.23 Å². The van der Waals surface area contributed by atoms with Crippen molar-refractivity contribution in [2.75, 3.05) is 6.61 Å². The van der Waals surface area contributed by atoms with Crippen molar-refractivity contribution in [2.24, 2.45) is 0 Å². The van der Waals surface area contributed by atoms with Gasteiger partial charge in [0.05, 0.1) is 6.61 Å². The van der Waals surface area contributed by atoms with E-state index in [4.69, 9.17) is 0 Å². The third-order valence-electron chi connectivity index (χ3n) is 2.35. The summed E-state index contributed by atoms with van der Waals surface area (Å²) < 4.78 is 93.6. The molecule has 18 heavy (non-hydrogen) atoms. The van der Waals surface area contributed by atoms with E-state index in [0.29, 0.717) is 0 Å². The van der Waals surface area contributed by atoms with Gasteiger partial charge >= 0.3 is 17.8 Å². The Morgan fingerprint density at radius 2 is 1.61 bits per heavy atom. The SMILES string of the molecule is C=CCCCOC1=C(F)C(F)(F)C(F)(F)C1(F)F. The smallest absolute Gasteiger partial charge is 0.386 e. The summed E-state index contributed by atoms with van der Waals surface area (Å²) in [6.45, 7) is 2.70. The monoisotopic (exact) mass is 278 g/mol. The first-order valence-corrected chi connectivity index (χ1v) is 4.88. The van der Waals surface area contributed by atoms with Crippen LogP contribution in [0, 0.1) is 0 Å². The zero-order chi connectivity index (χ0) is 14.2. The number of hydrogen-bond donors (Lipinski definition) is 0. The van der Waals surface area contributed by atoms with Crippen molar-refractivity contribution in [1.29, 1.82) is 0 Å². The highest BCUT2D eigenvalue weighted by molar-refractivity contribution is 5.33. The summed E-state index contributed by atoms with van der Waals surface area (Å²) in [4.78, 5) is 0. The largest absolute Gasteiger partial charge is 0.489 e. The minimum absolute atomic E-state index is 0.0630. The van der Waals surface area contributed by atoms with E-state index < -0.39 is 36.0 Å². The van der Waals surface area contributed by atoms with E-state index in [9.17, 15) is 30.7 Å². The summed E-state index contributed by atoms with van der Waals surface area (Å²) in [5.41, 5.74) is 0. The molecule has 8 heteroatoms. The lowest BCUT2D eigenvalue weighted by Gasteiger charge is -2.24. The summed E-state index contributed by atoms with van der Waals surface area (Å²) >= 11 is 0. The van der Waals surface area contributed by atoms with E-state index in [2.05, 4.69) is 11.3 Å². The van der Waals surface area contributed by atoms with Gasteiger partial charge in [-0.3, -0.25) is 0 Å². The summed E-state index contributed by atoms with van der Waals surface area (Å²) in [7, 11) is 0. The summed E-state index contributed by atoms with van der Waals surface area (Å²) in [5.74, 6) is -22.0. The Morgan fingerprint density at radius 3 is 2.00 bits per heavy atom. The zero-order valence-electron chi connectivity index (χ0n) is 8.96. The van der Waals surface area contributed by atoms with Crippen molar-refractivity contribution in [3.05, 3.63) is 24.2 Å². The lowest BCUT2D eigenvalue weighted by Crippen LogP contribution is -2.49. The van der Waals surface area contributed by atoms with Crippen molar-refractivity contribution in [1.82, 2.24) is 0 Å². The molecule has 0 atom stereocenters. The fourth-order valence-electron chi connectivity index (χ4n) is 1.31. The number of rotatable bonds is 5. The molecule has 0 saturated heterocycles. The highest BCUT2D eigenvalue weighted by Gasteiger charge is 2.82. The van der Waals surface area contributed by atoms with Crippen LogP contribution >= 0.6 is 0 Å². The van der Waals surface area contributed by atoms with Gasteiger partial charge < -0.3 is 4.74 Å². The van der Waals surface area contributed by atoms with Crippen molar-refractivity contribution in [3.63, 3.8) is 0 Å². The van der Waals surface area contributed by atoms with Crippen LogP contribution in [-0.2, 0) is 4.74 Å². The molecule has 0 aromatic heterocycles. The van der Waals surface area contributed by atoms with Crippen LogP contribution in [0.5, 0.6) is 0 Å². The average molecular weight is 278 g/mol. The van der Waals surface area contributed by atoms with E-state index >= 15 is 0 Å². The molecule has 0 N–H and O–H groups in total. The first kappa shape index (κ1) is 14.8. The van der Waals surface area contributed by atoms with Gasteiger partial charge in [0, 0.05) is 0 Å². The summed E-state index contributed by atoms with van der Waals surface area (Å²) in [5, 5.41) is 0. The number of unbranched alkanes of at least 4 members (excludes halogenated alkanes) is 1. The summed E-state index contributed by atoms with van der Waals surface area (Å²) in [6, 6.07) is 0. The minimum atomic E-state index is -5.84. The second-order valence-corrected chi connectivity index (χ2v) is 3.65. The second kappa shape index (κ2) is 4.47. The van der Waals surface area contributed by atoms with Gasteiger partial charge in [-0.2, -0.15) is 26.3 Å². The number of hydrogen-bond acceptors (Lipinski definition) is 1. The van der Waals surface area contributed by atoms with Crippen LogP contribution in [0.25, 0.3) is 0 Å². The van der Waals surface area contributed by atoms with Crippen LogP contribution in [0.2, 0.25) is 0 Å². The average Bonchev–Trinajstić information content (AvgIpc) is 2.34. The van der Waals surface area contributed by atoms with Gasteiger partial charge in [-0.05, 0) is 12.8 Å². The highest BCUT2D eigenvalue weighted by Crippen LogP contribution is 2.59. The Kier molecular flexibility index (Phi) is 3.69. The van der Waals surface area contributed by atoms with Gasteiger partial charge in [-0.1, -0.05) is 6.08 Å². The maximum Gasteiger partial charge on any atom is 0.386 e.